The van der Waals surface area contributed by atoms with E-state index in [1.165, 1.54) is 11.3 Å². The minimum Gasteiger partial charge on any atom is -0.348 e. The molecule has 1 aromatic heterocycles. The van der Waals surface area contributed by atoms with Crippen molar-refractivity contribution in [1.29, 1.82) is 0 Å². The van der Waals surface area contributed by atoms with E-state index in [2.05, 4.69) is 65.2 Å². The van der Waals surface area contributed by atoms with Crippen LogP contribution in [-0.4, -0.2) is 23.1 Å². The topological polar surface area (TPSA) is 8.17 Å². The van der Waals surface area contributed by atoms with Gasteiger partial charge >= 0.3 is 0 Å². The Morgan fingerprint density at radius 3 is 2.62 bits per heavy atom. The van der Waals surface area contributed by atoms with Gasteiger partial charge in [-0.3, -0.25) is 4.90 Å². The molecule has 1 aliphatic heterocycles. The van der Waals surface area contributed by atoms with Gasteiger partial charge in [0.1, 0.15) is 0 Å². The second-order valence-corrected chi connectivity index (χ2v) is 4.42. The average Bonchev–Trinajstić information content (AvgIpc) is 2.78. The van der Waals surface area contributed by atoms with E-state index in [1.807, 2.05) is 0 Å². The summed E-state index contributed by atoms with van der Waals surface area (Å²) < 4.78 is 2.36. The lowest BCUT2D eigenvalue weighted by molar-refractivity contribution is 0.227. The number of nitrogens with zero attached hydrogens (tertiary/aromatic N) is 2. The molecule has 0 spiro atoms. The normalized spacial score (nSPS) is 20.7. The fourth-order valence-corrected chi connectivity index (χ4v) is 2.56. The minimum absolute atomic E-state index is 0.407. The van der Waals surface area contributed by atoms with Crippen molar-refractivity contribution in [1.82, 2.24) is 9.47 Å². The molecule has 2 heteroatoms. The largest absolute Gasteiger partial charge is 0.348 e. The van der Waals surface area contributed by atoms with E-state index in [1.54, 1.807) is 0 Å². The molecule has 0 saturated heterocycles. The number of hydrogen-bond donors (Lipinski definition) is 0. The van der Waals surface area contributed by atoms with Gasteiger partial charge in [-0.05, 0) is 24.7 Å². The highest BCUT2D eigenvalue weighted by Gasteiger charge is 2.25. The molecule has 0 bridgehead atoms. The van der Waals surface area contributed by atoms with E-state index in [4.69, 9.17) is 0 Å². The van der Waals surface area contributed by atoms with E-state index in [0.717, 1.165) is 13.1 Å². The van der Waals surface area contributed by atoms with Crippen LogP contribution in [0.1, 0.15) is 17.3 Å². The Bertz CT molecular complexity index is 472. The first-order valence-corrected chi connectivity index (χ1v) is 5.76. The van der Waals surface area contributed by atoms with Crippen LogP contribution in [0.5, 0.6) is 0 Å². The molecule has 2 nitrogen and oxygen atoms in total. The summed E-state index contributed by atoms with van der Waals surface area (Å²) in [6, 6.07) is 15.5. The van der Waals surface area contributed by atoms with Gasteiger partial charge in [-0.2, -0.15) is 0 Å². The standard InChI is InChI=1S/C14H16N2/c1-15-10-11-16-9-5-8-13(16)14(15)12-6-3-2-4-7-12/h2-9,14H,10-11H2,1H3. The fourth-order valence-electron chi connectivity index (χ4n) is 2.56. The molecule has 1 atom stereocenters. The molecule has 0 aliphatic carbocycles. The molecular weight excluding hydrogens is 196 g/mol. The third-order valence-electron chi connectivity index (χ3n) is 3.39. The lowest BCUT2D eigenvalue weighted by Gasteiger charge is -2.34. The maximum Gasteiger partial charge on any atom is 0.0754 e. The first-order chi connectivity index (χ1) is 7.86. The van der Waals surface area contributed by atoms with Crippen molar-refractivity contribution in [3.8, 4) is 0 Å². The molecule has 1 aromatic carbocycles. The Balaban J connectivity index is 2.08. The number of aromatic nitrogens is 1. The van der Waals surface area contributed by atoms with Gasteiger partial charge in [0, 0.05) is 25.0 Å². The summed E-state index contributed by atoms with van der Waals surface area (Å²) in [5, 5.41) is 0. The van der Waals surface area contributed by atoms with Crippen molar-refractivity contribution in [3.63, 3.8) is 0 Å². The van der Waals surface area contributed by atoms with Gasteiger partial charge in [0.05, 0.1) is 6.04 Å². The molecule has 2 heterocycles. The van der Waals surface area contributed by atoms with Gasteiger partial charge in [-0.15, -0.1) is 0 Å². The fraction of sp³-hybridized carbons (Fsp3) is 0.286. The van der Waals surface area contributed by atoms with Crippen LogP contribution in [0.3, 0.4) is 0 Å². The van der Waals surface area contributed by atoms with E-state index < -0.39 is 0 Å². The van der Waals surface area contributed by atoms with Crippen molar-refractivity contribution in [3.05, 3.63) is 59.9 Å². The highest BCUT2D eigenvalue weighted by molar-refractivity contribution is 5.29. The highest BCUT2D eigenvalue weighted by Crippen LogP contribution is 2.30. The molecule has 16 heavy (non-hydrogen) atoms. The first-order valence-electron chi connectivity index (χ1n) is 5.76. The Kier molecular flexibility index (Phi) is 2.29. The number of rotatable bonds is 1. The molecule has 0 N–H and O–H groups in total. The van der Waals surface area contributed by atoms with Crippen molar-refractivity contribution in [2.75, 3.05) is 13.6 Å². The summed E-state index contributed by atoms with van der Waals surface area (Å²) in [6.07, 6.45) is 2.18. The van der Waals surface area contributed by atoms with Crippen LogP contribution in [0.25, 0.3) is 0 Å². The van der Waals surface area contributed by atoms with Crippen molar-refractivity contribution < 1.29 is 0 Å². The van der Waals surface area contributed by atoms with Crippen molar-refractivity contribution >= 4 is 0 Å². The Labute approximate surface area is 96.1 Å². The van der Waals surface area contributed by atoms with Crippen LogP contribution >= 0.6 is 0 Å². The molecule has 0 saturated carbocycles. The van der Waals surface area contributed by atoms with E-state index >= 15 is 0 Å². The van der Waals surface area contributed by atoms with Crippen LogP contribution in [0.15, 0.2) is 48.7 Å². The lowest BCUT2D eigenvalue weighted by atomic mass is 10.0. The van der Waals surface area contributed by atoms with E-state index in [0.29, 0.717) is 6.04 Å². The van der Waals surface area contributed by atoms with Gasteiger partial charge in [0.2, 0.25) is 0 Å². The number of benzene rings is 1. The van der Waals surface area contributed by atoms with Gasteiger partial charge in [-0.25, -0.2) is 0 Å². The molecule has 1 unspecified atom stereocenters. The zero-order valence-corrected chi connectivity index (χ0v) is 9.50. The number of hydrogen-bond acceptors (Lipinski definition) is 1. The monoisotopic (exact) mass is 212 g/mol. The highest BCUT2D eigenvalue weighted by atomic mass is 15.2. The van der Waals surface area contributed by atoms with Crippen LogP contribution in [0, 0.1) is 0 Å². The summed E-state index contributed by atoms with van der Waals surface area (Å²) in [7, 11) is 2.20. The molecule has 0 radical (unpaired) electrons. The Hall–Kier alpha value is -1.54. The van der Waals surface area contributed by atoms with E-state index in [-0.39, 0.29) is 0 Å². The summed E-state index contributed by atoms with van der Waals surface area (Å²) in [5.41, 5.74) is 2.78. The second-order valence-electron chi connectivity index (χ2n) is 4.42. The quantitative estimate of drug-likeness (QED) is 0.705. The van der Waals surface area contributed by atoms with Crippen LogP contribution in [0.2, 0.25) is 0 Å². The Morgan fingerprint density at radius 2 is 1.81 bits per heavy atom. The third kappa shape index (κ3) is 1.46. The van der Waals surface area contributed by atoms with Crippen LogP contribution < -0.4 is 0 Å². The van der Waals surface area contributed by atoms with Gasteiger partial charge in [-0.1, -0.05) is 30.3 Å². The van der Waals surface area contributed by atoms with Crippen LogP contribution in [-0.2, 0) is 6.54 Å². The molecule has 0 amide bonds. The first kappa shape index (κ1) is 9.67. The Morgan fingerprint density at radius 1 is 1.00 bits per heavy atom. The predicted molar refractivity (Wildman–Crippen MR) is 65.3 cm³/mol. The van der Waals surface area contributed by atoms with Gasteiger partial charge < -0.3 is 4.57 Å². The molecule has 82 valence electrons. The summed E-state index contributed by atoms with van der Waals surface area (Å²) in [4.78, 5) is 2.42. The zero-order valence-electron chi connectivity index (χ0n) is 9.50. The maximum atomic E-state index is 2.42. The smallest absolute Gasteiger partial charge is 0.0754 e. The minimum atomic E-state index is 0.407. The molecule has 0 fully saturated rings. The SMILES string of the molecule is CN1CCn2cccc2C1c1ccccc1. The molecule has 1 aliphatic rings. The molecular formula is C14H16N2. The van der Waals surface area contributed by atoms with Crippen molar-refractivity contribution in [2.45, 2.75) is 12.6 Å². The summed E-state index contributed by atoms with van der Waals surface area (Å²) in [6.45, 7) is 2.21. The summed E-state index contributed by atoms with van der Waals surface area (Å²) >= 11 is 0. The van der Waals surface area contributed by atoms with Gasteiger partial charge in [0.15, 0.2) is 0 Å². The second kappa shape index (κ2) is 3.80. The summed E-state index contributed by atoms with van der Waals surface area (Å²) in [5.74, 6) is 0. The lowest BCUT2D eigenvalue weighted by Crippen LogP contribution is -2.35. The van der Waals surface area contributed by atoms with E-state index in [9.17, 15) is 0 Å². The molecule has 2 aromatic rings. The van der Waals surface area contributed by atoms with Crippen molar-refractivity contribution in [2.24, 2.45) is 0 Å². The zero-order chi connectivity index (χ0) is 11.0. The maximum absolute atomic E-state index is 2.42. The third-order valence-corrected chi connectivity index (χ3v) is 3.39. The van der Waals surface area contributed by atoms with Gasteiger partial charge in [0.25, 0.3) is 0 Å². The molecule has 3 rings (SSSR count). The predicted octanol–water partition coefficient (Wildman–Crippen LogP) is 2.52. The van der Waals surface area contributed by atoms with Crippen LogP contribution in [0.4, 0.5) is 0 Å². The number of fused-ring (bicyclic) bond motifs is 1. The number of likely N-dealkylation sites (N-methyl/N-ethyl adjacent to an activating group) is 1. The average molecular weight is 212 g/mol.